The van der Waals surface area contributed by atoms with Crippen LogP contribution in [0.5, 0.6) is 0 Å². The first-order valence-corrected chi connectivity index (χ1v) is 5.59. The average molecular weight is 216 g/mol. The summed E-state index contributed by atoms with van der Waals surface area (Å²) < 4.78 is 0. The van der Waals surface area contributed by atoms with Gasteiger partial charge in [-0.2, -0.15) is 0 Å². The van der Waals surface area contributed by atoms with Crippen molar-refractivity contribution in [2.75, 3.05) is 13.1 Å². The molecule has 0 radical (unpaired) electrons. The molecule has 0 saturated heterocycles. The van der Waals surface area contributed by atoms with Crippen LogP contribution >= 0.6 is 0 Å². The van der Waals surface area contributed by atoms with E-state index >= 15 is 0 Å². The van der Waals surface area contributed by atoms with Gasteiger partial charge in [0.15, 0.2) is 0 Å². The van der Waals surface area contributed by atoms with Gasteiger partial charge in [0.05, 0.1) is 6.54 Å². The Hall–Kier alpha value is -1.30. The first-order chi connectivity index (χ1) is 7.69. The number of hydrogen-bond acceptors (Lipinski definition) is 2. The molecule has 1 rings (SSSR count). The molecule has 86 valence electrons. The van der Waals surface area contributed by atoms with Gasteiger partial charge in [-0.3, -0.25) is 5.32 Å². The molecule has 3 N–H and O–H groups in total. The SMILES string of the molecule is CC#CCNC(CN)c1ccc(C)cc1C. The summed E-state index contributed by atoms with van der Waals surface area (Å²) >= 11 is 0. The summed E-state index contributed by atoms with van der Waals surface area (Å²) in [6.07, 6.45) is 0. The standard InChI is InChI=1S/C14H20N2/c1-4-5-8-16-14(10-15)13-7-6-11(2)9-12(13)3/h6-7,9,14,16H,8,10,15H2,1-3H3. The van der Waals surface area contributed by atoms with Crippen LogP contribution in [0.25, 0.3) is 0 Å². The molecule has 1 unspecified atom stereocenters. The summed E-state index contributed by atoms with van der Waals surface area (Å²) in [7, 11) is 0. The normalized spacial score (nSPS) is 11.8. The van der Waals surface area contributed by atoms with E-state index in [2.05, 4.69) is 49.2 Å². The highest BCUT2D eigenvalue weighted by molar-refractivity contribution is 5.33. The van der Waals surface area contributed by atoms with Crippen molar-refractivity contribution in [2.24, 2.45) is 5.73 Å². The van der Waals surface area contributed by atoms with Crippen molar-refractivity contribution in [2.45, 2.75) is 26.8 Å². The van der Waals surface area contributed by atoms with Crippen molar-refractivity contribution in [3.05, 3.63) is 34.9 Å². The Morgan fingerprint density at radius 3 is 2.69 bits per heavy atom. The molecule has 0 spiro atoms. The summed E-state index contributed by atoms with van der Waals surface area (Å²) in [6, 6.07) is 6.65. The largest absolute Gasteiger partial charge is 0.329 e. The highest BCUT2D eigenvalue weighted by atomic mass is 14.9. The van der Waals surface area contributed by atoms with E-state index in [9.17, 15) is 0 Å². The van der Waals surface area contributed by atoms with Crippen LogP contribution in [-0.2, 0) is 0 Å². The molecule has 0 heterocycles. The summed E-state index contributed by atoms with van der Waals surface area (Å²) in [5.74, 6) is 5.87. The molecule has 16 heavy (non-hydrogen) atoms. The second-order valence-corrected chi connectivity index (χ2v) is 3.96. The lowest BCUT2D eigenvalue weighted by molar-refractivity contribution is 0.579. The van der Waals surface area contributed by atoms with E-state index in [4.69, 9.17) is 5.73 Å². The average Bonchev–Trinajstić information content (AvgIpc) is 2.26. The van der Waals surface area contributed by atoms with Crippen molar-refractivity contribution >= 4 is 0 Å². The van der Waals surface area contributed by atoms with Crippen LogP contribution in [0.4, 0.5) is 0 Å². The van der Waals surface area contributed by atoms with Crippen LogP contribution in [0, 0.1) is 25.7 Å². The summed E-state index contributed by atoms with van der Waals surface area (Å²) in [4.78, 5) is 0. The predicted molar refractivity (Wildman–Crippen MR) is 69.2 cm³/mol. The molecule has 0 amide bonds. The fourth-order valence-corrected chi connectivity index (χ4v) is 1.80. The maximum Gasteiger partial charge on any atom is 0.0581 e. The van der Waals surface area contributed by atoms with Gasteiger partial charge < -0.3 is 5.73 Å². The summed E-state index contributed by atoms with van der Waals surface area (Å²) in [6.45, 7) is 7.35. The summed E-state index contributed by atoms with van der Waals surface area (Å²) in [5, 5.41) is 3.35. The third-order valence-electron chi connectivity index (χ3n) is 2.65. The molecule has 0 aliphatic heterocycles. The van der Waals surface area contributed by atoms with Gasteiger partial charge in [-0.15, -0.1) is 5.92 Å². The zero-order valence-electron chi connectivity index (χ0n) is 10.3. The lowest BCUT2D eigenvalue weighted by atomic mass is 9.99. The number of nitrogens with two attached hydrogens (primary N) is 1. The minimum absolute atomic E-state index is 0.196. The van der Waals surface area contributed by atoms with Gasteiger partial charge in [0.2, 0.25) is 0 Å². The third kappa shape index (κ3) is 3.37. The van der Waals surface area contributed by atoms with Crippen molar-refractivity contribution in [1.82, 2.24) is 5.32 Å². The first-order valence-electron chi connectivity index (χ1n) is 5.59. The number of benzene rings is 1. The van der Waals surface area contributed by atoms with Crippen LogP contribution < -0.4 is 11.1 Å². The van der Waals surface area contributed by atoms with Gasteiger partial charge in [0, 0.05) is 12.6 Å². The van der Waals surface area contributed by atoms with Crippen LogP contribution in [0.2, 0.25) is 0 Å². The van der Waals surface area contributed by atoms with Crippen LogP contribution in [0.1, 0.15) is 29.7 Å². The molecule has 0 fully saturated rings. The minimum atomic E-state index is 0.196. The lowest BCUT2D eigenvalue weighted by Gasteiger charge is -2.18. The molecule has 0 aliphatic carbocycles. The van der Waals surface area contributed by atoms with Gasteiger partial charge in [-0.05, 0) is 31.9 Å². The quantitative estimate of drug-likeness (QED) is 0.755. The maximum atomic E-state index is 5.78. The Bertz CT molecular complexity index is 399. The molecule has 1 atom stereocenters. The monoisotopic (exact) mass is 216 g/mol. The van der Waals surface area contributed by atoms with Crippen molar-refractivity contribution in [3.8, 4) is 11.8 Å². The molecule has 1 aromatic rings. The van der Waals surface area contributed by atoms with Crippen LogP contribution in [0.15, 0.2) is 18.2 Å². The van der Waals surface area contributed by atoms with Gasteiger partial charge in [0.1, 0.15) is 0 Å². The molecule has 0 saturated carbocycles. The Labute approximate surface area is 98.2 Å². The van der Waals surface area contributed by atoms with Gasteiger partial charge in [-0.25, -0.2) is 0 Å². The van der Waals surface area contributed by atoms with E-state index in [0.29, 0.717) is 13.1 Å². The molecular formula is C14H20N2. The molecule has 0 aromatic heterocycles. The fraction of sp³-hybridized carbons (Fsp3) is 0.429. The molecular weight excluding hydrogens is 196 g/mol. The second kappa shape index (κ2) is 6.32. The highest BCUT2D eigenvalue weighted by Gasteiger charge is 2.10. The van der Waals surface area contributed by atoms with Crippen LogP contribution in [-0.4, -0.2) is 13.1 Å². The number of aryl methyl sites for hydroxylation is 2. The summed E-state index contributed by atoms with van der Waals surface area (Å²) in [5.41, 5.74) is 9.62. The van der Waals surface area contributed by atoms with E-state index in [1.165, 1.54) is 16.7 Å². The van der Waals surface area contributed by atoms with E-state index in [1.807, 2.05) is 6.92 Å². The zero-order valence-corrected chi connectivity index (χ0v) is 10.3. The maximum absolute atomic E-state index is 5.78. The highest BCUT2D eigenvalue weighted by Crippen LogP contribution is 2.17. The topological polar surface area (TPSA) is 38.0 Å². The van der Waals surface area contributed by atoms with Crippen LogP contribution in [0.3, 0.4) is 0 Å². The fourth-order valence-electron chi connectivity index (χ4n) is 1.80. The second-order valence-electron chi connectivity index (χ2n) is 3.96. The van der Waals surface area contributed by atoms with Gasteiger partial charge >= 0.3 is 0 Å². The van der Waals surface area contributed by atoms with Gasteiger partial charge in [-0.1, -0.05) is 29.7 Å². The predicted octanol–water partition coefficient (Wildman–Crippen LogP) is 1.92. The Balaban J connectivity index is 2.80. The van der Waals surface area contributed by atoms with E-state index in [0.717, 1.165) is 0 Å². The number of nitrogens with one attached hydrogen (secondary N) is 1. The van der Waals surface area contributed by atoms with Gasteiger partial charge in [0.25, 0.3) is 0 Å². The molecule has 2 heteroatoms. The molecule has 0 bridgehead atoms. The lowest BCUT2D eigenvalue weighted by Crippen LogP contribution is -2.29. The Morgan fingerprint density at radius 2 is 2.12 bits per heavy atom. The van der Waals surface area contributed by atoms with E-state index in [1.54, 1.807) is 0 Å². The molecule has 1 aromatic carbocycles. The first kappa shape index (κ1) is 12.8. The Kier molecular flexibility index (Phi) is 5.04. The minimum Gasteiger partial charge on any atom is -0.329 e. The van der Waals surface area contributed by atoms with Crippen molar-refractivity contribution in [3.63, 3.8) is 0 Å². The Morgan fingerprint density at radius 1 is 1.38 bits per heavy atom. The zero-order chi connectivity index (χ0) is 12.0. The van der Waals surface area contributed by atoms with Crippen molar-refractivity contribution in [1.29, 1.82) is 0 Å². The molecule has 0 aliphatic rings. The van der Waals surface area contributed by atoms with Crippen molar-refractivity contribution < 1.29 is 0 Å². The third-order valence-corrected chi connectivity index (χ3v) is 2.65. The number of hydrogen-bond donors (Lipinski definition) is 2. The molecule has 2 nitrogen and oxygen atoms in total. The smallest absolute Gasteiger partial charge is 0.0581 e. The van der Waals surface area contributed by atoms with E-state index in [-0.39, 0.29) is 6.04 Å². The number of rotatable bonds is 4. The van der Waals surface area contributed by atoms with E-state index < -0.39 is 0 Å².